The first-order valence-corrected chi connectivity index (χ1v) is 8.74. The topological polar surface area (TPSA) is 47.0 Å². The number of rotatable bonds is 6. The molecule has 128 valence electrons. The summed E-state index contributed by atoms with van der Waals surface area (Å²) in [6.07, 6.45) is 2.41. The molecule has 0 spiro atoms. The van der Waals surface area contributed by atoms with Gasteiger partial charge in [-0.05, 0) is 24.8 Å². The summed E-state index contributed by atoms with van der Waals surface area (Å²) in [5.74, 6) is 0.200. The maximum absolute atomic E-state index is 11.6. The van der Waals surface area contributed by atoms with Crippen LogP contribution in [0.3, 0.4) is 0 Å². The molecule has 0 radical (unpaired) electrons. The van der Waals surface area contributed by atoms with Crippen LogP contribution in [0.25, 0.3) is 0 Å². The van der Waals surface area contributed by atoms with Crippen molar-refractivity contribution in [2.45, 2.75) is 46.1 Å². The lowest BCUT2D eigenvalue weighted by Gasteiger charge is -2.37. The molecule has 5 heteroatoms. The van der Waals surface area contributed by atoms with Crippen LogP contribution >= 0.6 is 0 Å². The third-order valence-corrected chi connectivity index (χ3v) is 4.71. The van der Waals surface area contributed by atoms with E-state index in [-0.39, 0.29) is 5.91 Å². The molecule has 2 aliphatic heterocycles. The Kier molecular flexibility index (Phi) is 6.24. The highest BCUT2D eigenvalue weighted by atomic mass is 16.3. The Balaban J connectivity index is 1.63. The molecule has 0 aromatic rings. The summed E-state index contributed by atoms with van der Waals surface area (Å²) in [6.45, 7) is 14.3. The molecule has 2 saturated heterocycles. The number of β-amino-alcohol motifs (C(OH)–C–C–N with tert-alkyl or cyclic N) is 1. The smallest absolute Gasteiger partial charge is 0.222 e. The Morgan fingerprint density at radius 1 is 1.05 bits per heavy atom. The first-order chi connectivity index (χ1) is 10.3. The monoisotopic (exact) mass is 311 g/mol. The van der Waals surface area contributed by atoms with E-state index in [1.165, 1.54) is 13.0 Å². The summed E-state index contributed by atoms with van der Waals surface area (Å²) in [7, 11) is 0. The Morgan fingerprint density at radius 3 is 2.23 bits per heavy atom. The normalized spacial score (nSPS) is 23.3. The van der Waals surface area contributed by atoms with E-state index in [0.717, 1.165) is 39.1 Å². The molecule has 1 amide bonds. The molecule has 0 aromatic carbocycles. The van der Waals surface area contributed by atoms with Gasteiger partial charge in [0.1, 0.15) is 0 Å². The van der Waals surface area contributed by atoms with E-state index >= 15 is 0 Å². The van der Waals surface area contributed by atoms with Gasteiger partial charge in [-0.1, -0.05) is 20.8 Å². The molecule has 5 nitrogen and oxygen atoms in total. The van der Waals surface area contributed by atoms with Crippen molar-refractivity contribution in [1.82, 2.24) is 14.7 Å². The Morgan fingerprint density at radius 2 is 1.68 bits per heavy atom. The van der Waals surface area contributed by atoms with Crippen molar-refractivity contribution in [2.75, 3.05) is 52.4 Å². The van der Waals surface area contributed by atoms with Crippen LogP contribution in [0.1, 0.15) is 40.0 Å². The number of carbonyl (C=O) groups excluding carboxylic acids is 1. The van der Waals surface area contributed by atoms with Crippen LogP contribution in [-0.2, 0) is 4.79 Å². The fraction of sp³-hybridized carbons (Fsp3) is 0.941. The minimum Gasteiger partial charge on any atom is -0.390 e. The minimum absolute atomic E-state index is 0.200. The van der Waals surface area contributed by atoms with Gasteiger partial charge < -0.3 is 14.9 Å². The fourth-order valence-electron chi connectivity index (χ4n) is 3.20. The van der Waals surface area contributed by atoms with Gasteiger partial charge in [0.25, 0.3) is 0 Å². The number of piperazine rings is 1. The van der Waals surface area contributed by atoms with Gasteiger partial charge in [0.05, 0.1) is 6.10 Å². The Bertz CT molecular complexity index is 359. The molecule has 2 heterocycles. The largest absolute Gasteiger partial charge is 0.390 e. The van der Waals surface area contributed by atoms with Gasteiger partial charge in [-0.15, -0.1) is 0 Å². The van der Waals surface area contributed by atoms with Gasteiger partial charge in [-0.25, -0.2) is 0 Å². The molecule has 2 aliphatic rings. The van der Waals surface area contributed by atoms with E-state index in [2.05, 4.69) is 30.6 Å². The number of nitrogens with zero attached hydrogens (tertiary/aromatic N) is 3. The van der Waals surface area contributed by atoms with Crippen LogP contribution in [0.2, 0.25) is 0 Å². The molecule has 0 saturated carbocycles. The lowest BCUT2D eigenvalue weighted by atomic mass is 9.92. The van der Waals surface area contributed by atoms with E-state index in [1.807, 2.05) is 4.90 Å². The van der Waals surface area contributed by atoms with Crippen molar-refractivity contribution in [3.63, 3.8) is 0 Å². The SMILES string of the molecule is CC(C)(C)CCN1CCN(CC(O)CN2CCCC2=O)CC1. The summed E-state index contributed by atoms with van der Waals surface area (Å²) in [4.78, 5) is 18.3. The third-order valence-electron chi connectivity index (χ3n) is 4.71. The highest BCUT2D eigenvalue weighted by molar-refractivity contribution is 5.78. The Hall–Kier alpha value is -0.650. The number of hydrogen-bond donors (Lipinski definition) is 1. The molecular weight excluding hydrogens is 278 g/mol. The number of amides is 1. The van der Waals surface area contributed by atoms with Crippen LogP contribution < -0.4 is 0 Å². The van der Waals surface area contributed by atoms with E-state index in [1.54, 1.807) is 0 Å². The van der Waals surface area contributed by atoms with E-state index in [9.17, 15) is 9.90 Å². The van der Waals surface area contributed by atoms with Crippen molar-refractivity contribution >= 4 is 5.91 Å². The first-order valence-electron chi connectivity index (χ1n) is 8.74. The molecule has 2 fully saturated rings. The zero-order valence-electron chi connectivity index (χ0n) is 14.6. The van der Waals surface area contributed by atoms with Crippen molar-refractivity contribution in [3.8, 4) is 0 Å². The number of aliphatic hydroxyl groups excluding tert-OH is 1. The van der Waals surface area contributed by atoms with E-state index in [0.29, 0.717) is 24.9 Å². The van der Waals surface area contributed by atoms with Gasteiger partial charge in [0.15, 0.2) is 0 Å². The van der Waals surface area contributed by atoms with Crippen molar-refractivity contribution in [2.24, 2.45) is 5.41 Å². The van der Waals surface area contributed by atoms with Crippen LogP contribution in [0, 0.1) is 5.41 Å². The summed E-state index contributed by atoms with van der Waals surface area (Å²) in [5.41, 5.74) is 0.398. The molecule has 1 unspecified atom stereocenters. The number of carbonyl (C=O) groups is 1. The molecule has 0 bridgehead atoms. The minimum atomic E-state index is -0.414. The van der Waals surface area contributed by atoms with Gasteiger partial charge in [-0.2, -0.15) is 0 Å². The van der Waals surface area contributed by atoms with E-state index in [4.69, 9.17) is 0 Å². The Labute approximate surface area is 135 Å². The maximum atomic E-state index is 11.6. The summed E-state index contributed by atoms with van der Waals surface area (Å²) in [5, 5.41) is 10.2. The van der Waals surface area contributed by atoms with Crippen LogP contribution in [-0.4, -0.2) is 84.2 Å². The van der Waals surface area contributed by atoms with E-state index < -0.39 is 6.10 Å². The zero-order chi connectivity index (χ0) is 16.2. The highest BCUT2D eigenvalue weighted by Gasteiger charge is 2.25. The van der Waals surface area contributed by atoms with Gasteiger partial charge >= 0.3 is 0 Å². The lowest BCUT2D eigenvalue weighted by Crippen LogP contribution is -2.50. The molecule has 22 heavy (non-hydrogen) atoms. The standard InChI is InChI=1S/C17H33N3O2/c1-17(2,3)6-8-18-9-11-19(12-10-18)13-15(21)14-20-7-4-5-16(20)22/h15,21H,4-14H2,1-3H3. The second-order valence-electron chi connectivity index (χ2n) is 8.05. The van der Waals surface area contributed by atoms with Crippen molar-refractivity contribution in [1.29, 1.82) is 0 Å². The molecule has 0 aliphatic carbocycles. The maximum Gasteiger partial charge on any atom is 0.222 e. The molecule has 0 aromatic heterocycles. The second kappa shape index (κ2) is 7.75. The predicted molar refractivity (Wildman–Crippen MR) is 88.8 cm³/mol. The third kappa shape index (κ3) is 5.86. The molecule has 1 atom stereocenters. The van der Waals surface area contributed by atoms with Gasteiger partial charge in [0, 0.05) is 52.2 Å². The summed E-state index contributed by atoms with van der Waals surface area (Å²) in [6, 6.07) is 0. The average Bonchev–Trinajstić information content (AvgIpc) is 2.82. The number of hydrogen-bond acceptors (Lipinski definition) is 4. The number of aliphatic hydroxyl groups is 1. The van der Waals surface area contributed by atoms with Crippen molar-refractivity contribution in [3.05, 3.63) is 0 Å². The first kappa shape index (κ1) is 17.7. The molecule has 1 N–H and O–H groups in total. The lowest BCUT2D eigenvalue weighted by molar-refractivity contribution is -0.129. The van der Waals surface area contributed by atoms with Crippen LogP contribution in [0.15, 0.2) is 0 Å². The second-order valence-corrected chi connectivity index (χ2v) is 8.05. The van der Waals surface area contributed by atoms with Crippen molar-refractivity contribution < 1.29 is 9.90 Å². The highest BCUT2D eigenvalue weighted by Crippen LogP contribution is 2.19. The molecular formula is C17H33N3O2. The predicted octanol–water partition coefficient (Wildman–Crippen LogP) is 1.02. The van der Waals surface area contributed by atoms with Gasteiger partial charge in [-0.3, -0.25) is 9.69 Å². The summed E-state index contributed by atoms with van der Waals surface area (Å²) >= 11 is 0. The van der Waals surface area contributed by atoms with Crippen LogP contribution in [0.5, 0.6) is 0 Å². The molecule has 2 rings (SSSR count). The van der Waals surface area contributed by atoms with Crippen LogP contribution in [0.4, 0.5) is 0 Å². The zero-order valence-corrected chi connectivity index (χ0v) is 14.6. The van der Waals surface area contributed by atoms with Gasteiger partial charge in [0.2, 0.25) is 5.91 Å². The fourth-order valence-corrected chi connectivity index (χ4v) is 3.20. The quantitative estimate of drug-likeness (QED) is 0.796. The summed E-state index contributed by atoms with van der Waals surface area (Å²) < 4.78 is 0. The average molecular weight is 311 g/mol. The number of likely N-dealkylation sites (tertiary alicyclic amines) is 1.